The normalized spacial score (nSPS) is 25.2. The summed E-state index contributed by atoms with van der Waals surface area (Å²) in [5.41, 5.74) is 5.56. The maximum absolute atomic E-state index is 12.5. The Bertz CT molecular complexity index is 413. The second kappa shape index (κ2) is 6.47. The van der Waals surface area contributed by atoms with Gasteiger partial charge in [0.25, 0.3) is 0 Å². The number of rotatable bonds is 6. The van der Waals surface area contributed by atoms with E-state index in [2.05, 4.69) is 0 Å². The molecule has 0 spiro atoms. The Labute approximate surface area is 120 Å². The molecule has 1 saturated carbocycles. The lowest BCUT2D eigenvalue weighted by atomic mass is 10.2. The van der Waals surface area contributed by atoms with Gasteiger partial charge in [-0.25, -0.2) is 8.42 Å². The van der Waals surface area contributed by atoms with Crippen LogP contribution in [0, 0.1) is 0 Å². The Morgan fingerprint density at radius 1 is 1.26 bits per heavy atom. The Morgan fingerprint density at radius 3 is 2.47 bits per heavy atom. The summed E-state index contributed by atoms with van der Waals surface area (Å²) in [5, 5.41) is 0. The molecule has 1 aliphatic carbocycles. The molecule has 2 fully saturated rings. The Morgan fingerprint density at radius 2 is 1.95 bits per heavy atom. The van der Waals surface area contributed by atoms with Crippen LogP contribution in [0.4, 0.5) is 0 Å². The van der Waals surface area contributed by atoms with E-state index in [-0.39, 0.29) is 29.4 Å². The highest BCUT2D eigenvalue weighted by atomic mass is 32.2. The van der Waals surface area contributed by atoms with Gasteiger partial charge in [0.15, 0.2) is 0 Å². The summed E-state index contributed by atoms with van der Waals surface area (Å²) in [7, 11) is -3.34. The van der Waals surface area contributed by atoms with Crippen molar-refractivity contribution in [2.45, 2.75) is 50.7 Å². The van der Waals surface area contributed by atoms with Gasteiger partial charge in [0.05, 0.1) is 23.4 Å². The molecule has 0 aromatic rings. The van der Waals surface area contributed by atoms with Crippen molar-refractivity contribution in [1.82, 2.24) is 4.31 Å². The summed E-state index contributed by atoms with van der Waals surface area (Å²) in [6.07, 6.45) is 5.58. The van der Waals surface area contributed by atoms with Gasteiger partial charge in [0, 0.05) is 12.6 Å². The van der Waals surface area contributed by atoms with E-state index in [0.29, 0.717) is 6.61 Å². The minimum atomic E-state index is -3.34. The van der Waals surface area contributed by atoms with Gasteiger partial charge in [0.1, 0.15) is 0 Å². The first kappa shape index (κ1) is 15.2. The van der Waals surface area contributed by atoms with Gasteiger partial charge in [-0.05, 0) is 25.7 Å². The van der Waals surface area contributed by atoms with Gasteiger partial charge in [-0.3, -0.25) is 0 Å². The third-order valence-corrected chi connectivity index (χ3v) is 5.89. The molecule has 5 nitrogen and oxygen atoms in total. The molecule has 7 heteroatoms. The maximum atomic E-state index is 12.5. The minimum Gasteiger partial charge on any atom is -0.392 e. The second-order valence-electron chi connectivity index (χ2n) is 5.36. The molecule has 1 atom stereocenters. The SMILES string of the molecule is NC(=S)CN(C1CCCC1)S(=O)(=O)CC1CCCO1. The fraction of sp³-hybridized carbons (Fsp3) is 0.917. The van der Waals surface area contributed by atoms with Crippen molar-refractivity contribution in [3.05, 3.63) is 0 Å². The molecular formula is C12H22N2O3S2. The number of ether oxygens (including phenoxy) is 1. The Kier molecular flexibility index (Phi) is 5.16. The highest BCUT2D eigenvalue weighted by Crippen LogP contribution is 2.27. The standard InChI is InChI=1S/C12H22N2O3S2/c13-12(18)8-14(10-4-1-2-5-10)19(15,16)9-11-6-3-7-17-11/h10-11H,1-9H2,(H2,13,18). The van der Waals surface area contributed by atoms with Crippen molar-refractivity contribution in [2.75, 3.05) is 18.9 Å². The molecule has 110 valence electrons. The number of hydrogen-bond donors (Lipinski definition) is 1. The monoisotopic (exact) mass is 306 g/mol. The zero-order chi connectivity index (χ0) is 13.9. The third kappa shape index (κ3) is 4.11. The van der Waals surface area contributed by atoms with Crippen LogP contribution < -0.4 is 5.73 Å². The van der Waals surface area contributed by atoms with Crippen LogP contribution in [0.2, 0.25) is 0 Å². The number of nitrogens with zero attached hydrogens (tertiary/aromatic N) is 1. The predicted octanol–water partition coefficient (Wildman–Crippen LogP) is 1.03. The van der Waals surface area contributed by atoms with Gasteiger partial charge in [-0.2, -0.15) is 4.31 Å². The molecule has 1 heterocycles. The molecular weight excluding hydrogens is 284 g/mol. The van der Waals surface area contributed by atoms with E-state index in [4.69, 9.17) is 22.7 Å². The van der Waals surface area contributed by atoms with Crippen LogP contribution in [-0.4, -0.2) is 48.8 Å². The second-order valence-corrected chi connectivity index (χ2v) is 7.85. The summed E-state index contributed by atoms with van der Waals surface area (Å²) < 4.78 is 32.0. The molecule has 1 saturated heterocycles. The lowest BCUT2D eigenvalue weighted by Gasteiger charge is -2.28. The zero-order valence-corrected chi connectivity index (χ0v) is 12.7. The van der Waals surface area contributed by atoms with Gasteiger partial charge in [-0.15, -0.1) is 0 Å². The van der Waals surface area contributed by atoms with Crippen LogP contribution in [0.1, 0.15) is 38.5 Å². The van der Waals surface area contributed by atoms with Gasteiger partial charge >= 0.3 is 0 Å². The van der Waals surface area contributed by atoms with E-state index in [1.54, 1.807) is 0 Å². The number of nitrogens with two attached hydrogens (primary N) is 1. The molecule has 0 bridgehead atoms. The van der Waals surface area contributed by atoms with Gasteiger partial charge in [-0.1, -0.05) is 25.1 Å². The van der Waals surface area contributed by atoms with Crippen molar-refractivity contribution in [3.63, 3.8) is 0 Å². The molecule has 1 aliphatic heterocycles. The maximum Gasteiger partial charge on any atom is 0.217 e. The molecule has 19 heavy (non-hydrogen) atoms. The summed E-state index contributed by atoms with van der Waals surface area (Å²) in [5.74, 6) is 0.0616. The molecule has 2 N–H and O–H groups in total. The van der Waals surface area contributed by atoms with E-state index in [1.807, 2.05) is 0 Å². The van der Waals surface area contributed by atoms with Crippen LogP contribution in [-0.2, 0) is 14.8 Å². The largest absolute Gasteiger partial charge is 0.392 e. The Balaban J connectivity index is 2.07. The molecule has 2 aliphatic rings. The summed E-state index contributed by atoms with van der Waals surface area (Å²) in [6, 6.07) is 0.0629. The fourth-order valence-corrected chi connectivity index (χ4v) is 5.05. The average molecular weight is 306 g/mol. The molecule has 0 aromatic carbocycles. The summed E-state index contributed by atoms with van der Waals surface area (Å²) in [4.78, 5) is 0.239. The lowest BCUT2D eigenvalue weighted by Crippen LogP contribution is -2.46. The topological polar surface area (TPSA) is 72.6 Å². The van der Waals surface area contributed by atoms with Crippen molar-refractivity contribution < 1.29 is 13.2 Å². The average Bonchev–Trinajstić information content (AvgIpc) is 2.96. The van der Waals surface area contributed by atoms with E-state index < -0.39 is 10.0 Å². The van der Waals surface area contributed by atoms with Crippen LogP contribution in [0.3, 0.4) is 0 Å². The van der Waals surface area contributed by atoms with E-state index in [0.717, 1.165) is 38.5 Å². The minimum absolute atomic E-state index is 0.0616. The van der Waals surface area contributed by atoms with Crippen LogP contribution in [0.15, 0.2) is 0 Å². The van der Waals surface area contributed by atoms with Crippen LogP contribution in [0.5, 0.6) is 0 Å². The van der Waals surface area contributed by atoms with Crippen LogP contribution >= 0.6 is 12.2 Å². The van der Waals surface area contributed by atoms with Crippen LogP contribution in [0.25, 0.3) is 0 Å². The predicted molar refractivity (Wildman–Crippen MR) is 78.5 cm³/mol. The highest BCUT2D eigenvalue weighted by molar-refractivity contribution is 7.89. The molecule has 2 rings (SSSR count). The zero-order valence-electron chi connectivity index (χ0n) is 11.1. The molecule has 0 aromatic heterocycles. The number of sulfonamides is 1. The molecule has 0 amide bonds. The smallest absolute Gasteiger partial charge is 0.217 e. The number of thiocarbonyl (C=S) groups is 1. The third-order valence-electron chi connectivity index (χ3n) is 3.82. The van der Waals surface area contributed by atoms with Crippen molar-refractivity contribution >= 4 is 27.2 Å². The Hall–Kier alpha value is -0.240. The van der Waals surface area contributed by atoms with Crippen molar-refractivity contribution in [2.24, 2.45) is 5.73 Å². The van der Waals surface area contributed by atoms with E-state index >= 15 is 0 Å². The highest BCUT2D eigenvalue weighted by Gasteiger charge is 2.34. The lowest BCUT2D eigenvalue weighted by molar-refractivity contribution is 0.126. The molecule has 0 radical (unpaired) electrons. The summed E-state index contributed by atoms with van der Waals surface area (Å²) in [6.45, 7) is 0.827. The fourth-order valence-electron chi connectivity index (χ4n) is 2.91. The first-order valence-electron chi connectivity index (χ1n) is 6.88. The number of hydrogen-bond acceptors (Lipinski definition) is 4. The first-order chi connectivity index (χ1) is 8.99. The molecule has 1 unspecified atom stereocenters. The quantitative estimate of drug-likeness (QED) is 0.742. The van der Waals surface area contributed by atoms with Gasteiger partial charge in [0.2, 0.25) is 10.0 Å². The van der Waals surface area contributed by atoms with Crippen molar-refractivity contribution in [1.29, 1.82) is 0 Å². The van der Waals surface area contributed by atoms with E-state index in [1.165, 1.54) is 4.31 Å². The first-order valence-corrected chi connectivity index (χ1v) is 8.90. The van der Waals surface area contributed by atoms with E-state index in [9.17, 15) is 8.42 Å². The van der Waals surface area contributed by atoms with Gasteiger partial charge < -0.3 is 10.5 Å². The van der Waals surface area contributed by atoms with Crippen molar-refractivity contribution in [3.8, 4) is 0 Å². The summed E-state index contributed by atoms with van der Waals surface area (Å²) >= 11 is 4.90.